The Kier molecular flexibility index (Phi) is 4.16. The Bertz CT molecular complexity index is 411. The van der Waals surface area contributed by atoms with Crippen LogP contribution in [0.4, 0.5) is 17.6 Å². The molecule has 5 nitrogen and oxygen atoms in total. The van der Waals surface area contributed by atoms with Crippen molar-refractivity contribution in [3.63, 3.8) is 0 Å². The molecule has 0 aliphatic carbocycles. The largest absolute Gasteiger partial charge is 0.370 e. The zero-order valence-corrected chi connectivity index (χ0v) is 12.0. The maximum atomic E-state index is 5.78. The third kappa shape index (κ3) is 2.80. The van der Waals surface area contributed by atoms with Crippen molar-refractivity contribution in [1.29, 1.82) is 0 Å². The summed E-state index contributed by atoms with van der Waals surface area (Å²) in [4.78, 5) is 10.9. The molecule has 1 fully saturated rings. The molecule has 1 aliphatic rings. The fourth-order valence-electron chi connectivity index (χ4n) is 2.13. The molecule has 100 valence electrons. The van der Waals surface area contributed by atoms with E-state index in [4.69, 9.17) is 5.73 Å². The molecule has 0 bridgehead atoms. The van der Waals surface area contributed by atoms with Gasteiger partial charge in [0.25, 0.3) is 0 Å². The number of nitrogens with zero attached hydrogens (tertiary/aromatic N) is 3. The summed E-state index contributed by atoms with van der Waals surface area (Å²) in [6, 6.07) is 2.45. The van der Waals surface area contributed by atoms with Crippen molar-refractivity contribution < 1.29 is 0 Å². The van der Waals surface area contributed by atoms with Gasteiger partial charge in [0.1, 0.15) is 11.6 Å². The highest BCUT2D eigenvalue weighted by atomic mass is 32.2. The molecule has 0 radical (unpaired) electrons. The average Bonchev–Trinajstić information content (AvgIpc) is 2.32. The molecule has 18 heavy (non-hydrogen) atoms. The predicted octanol–water partition coefficient (Wildman–Crippen LogP) is 1.82. The maximum Gasteiger partial charge on any atom is 0.223 e. The molecule has 2 heterocycles. The van der Waals surface area contributed by atoms with E-state index in [1.807, 2.05) is 24.8 Å². The van der Waals surface area contributed by atoms with Crippen LogP contribution in [0.2, 0.25) is 0 Å². The minimum Gasteiger partial charge on any atom is -0.370 e. The SMILES string of the molecule is CCNc1cc(N2CCSC(C)C2C)nc(N)n1. The molecular weight excluding hydrogens is 246 g/mol. The number of thioether (sulfide) groups is 1. The van der Waals surface area contributed by atoms with E-state index in [0.29, 0.717) is 17.2 Å². The standard InChI is InChI=1S/C12H21N5S/c1-4-14-10-7-11(16-12(13)15-10)17-5-6-18-9(3)8(17)2/h7-9H,4-6H2,1-3H3,(H3,13,14,15,16). The van der Waals surface area contributed by atoms with Crippen molar-refractivity contribution in [1.82, 2.24) is 9.97 Å². The first-order valence-electron chi connectivity index (χ1n) is 6.38. The van der Waals surface area contributed by atoms with Crippen LogP contribution < -0.4 is 16.0 Å². The molecule has 0 amide bonds. The van der Waals surface area contributed by atoms with Gasteiger partial charge >= 0.3 is 0 Å². The topological polar surface area (TPSA) is 67.1 Å². The number of hydrogen-bond donors (Lipinski definition) is 2. The molecule has 0 aromatic carbocycles. The number of aromatic nitrogens is 2. The zero-order valence-electron chi connectivity index (χ0n) is 11.2. The van der Waals surface area contributed by atoms with Crippen molar-refractivity contribution >= 4 is 29.3 Å². The number of anilines is 3. The van der Waals surface area contributed by atoms with Gasteiger partial charge in [-0.1, -0.05) is 6.92 Å². The zero-order chi connectivity index (χ0) is 13.1. The number of nitrogens with one attached hydrogen (secondary N) is 1. The Labute approximate surface area is 113 Å². The van der Waals surface area contributed by atoms with Gasteiger partial charge in [0, 0.05) is 36.2 Å². The van der Waals surface area contributed by atoms with Crippen LogP contribution in [-0.2, 0) is 0 Å². The highest BCUT2D eigenvalue weighted by molar-refractivity contribution is 8.00. The first kappa shape index (κ1) is 13.3. The lowest BCUT2D eigenvalue weighted by Crippen LogP contribution is -2.45. The minimum atomic E-state index is 0.335. The van der Waals surface area contributed by atoms with Crippen LogP contribution in [-0.4, -0.2) is 40.1 Å². The first-order chi connectivity index (χ1) is 8.61. The van der Waals surface area contributed by atoms with E-state index in [1.54, 1.807) is 0 Å². The molecule has 6 heteroatoms. The van der Waals surface area contributed by atoms with Crippen molar-refractivity contribution in [2.45, 2.75) is 32.1 Å². The van der Waals surface area contributed by atoms with Crippen molar-refractivity contribution in [2.75, 3.05) is 34.8 Å². The lowest BCUT2D eigenvalue weighted by atomic mass is 10.2. The van der Waals surface area contributed by atoms with Gasteiger partial charge in [-0.3, -0.25) is 0 Å². The van der Waals surface area contributed by atoms with Crippen molar-refractivity contribution in [2.24, 2.45) is 0 Å². The van der Waals surface area contributed by atoms with E-state index in [1.165, 1.54) is 0 Å². The number of hydrogen-bond acceptors (Lipinski definition) is 6. The van der Waals surface area contributed by atoms with Gasteiger partial charge in [0.05, 0.1) is 0 Å². The monoisotopic (exact) mass is 267 g/mol. The van der Waals surface area contributed by atoms with Gasteiger partial charge in [0.2, 0.25) is 5.95 Å². The third-order valence-electron chi connectivity index (χ3n) is 3.27. The molecular formula is C12H21N5S. The molecule has 3 N–H and O–H groups in total. The van der Waals surface area contributed by atoms with Crippen molar-refractivity contribution in [3.8, 4) is 0 Å². The second kappa shape index (κ2) is 5.65. The van der Waals surface area contributed by atoms with Crippen LogP contribution in [0.5, 0.6) is 0 Å². The number of nitrogens with two attached hydrogens (primary N) is 1. The molecule has 1 aromatic rings. The minimum absolute atomic E-state index is 0.335. The van der Waals surface area contributed by atoms with Gasteiger partial charge in [0.15, 0.2) is 0 Å². The maximum absolute atomic E-state index is 5.78. The van der Waals surface area contributed by atoms with Gasteiger partial charge < -0.3 is 16.0 Å². The Hall–Kier alpha value is -1.17. The lowest BCUT2D eigenvalue weighted by molar-refractivity contribution is 0.620. The van der Waals surface area contributed by atoms with Gasteiger partial charge in [-0.25, -0.2) is 0 Å². The molecule has 1 aliphatic heterocycles. The molecule has 0 spiro atoms. The van der Waals surface area contributed by atoms with Crippen molar-refractivity contribution in [3.05, 3.63) is 6.07 Å². The summed E-state index contributed by atoms with van der Waals surface area (Å²) in [6.07, 6.45) is 0. The fourth-order valence-corrected chi connectivity index (χ4v) is 3.23. The van der Waals surface area contributed by atoms with Crippen LogP contribution in [0, 0.1) is 0 Å². The lowest BCUT2D eigenvalue weighted by Gasteiger charge is -2.38. The van der Waals surface area contributed by atoms with Crippen LogP contribution in [0.1, 0.15) is 20.8 Å². The Morgan fingerprint density at radius 1 is 1.50 bits per heavy atom. The van der Waals surface area contributed by atoms with E-state index in [9.17, 15) is 0 Å². The molecule has 0 saturated carbocycles. The van der Waals surface area contributed by atoms with Crippen LogP contribution >= 0.6 is 11.8 Å². The Balaban J connectivity index is 2.26. The third-order valence-corrected chi connectivity index (χ3v) is 4.60. The first-order valence-corrected chi connectivity index (χ1v) is 7.43. The summed E-state index contributed by atoms with van der Waals surface area (Å²) in [7, 11) is 0. The van der Waals surface area contributed by atoms with E-state index in [2.05, 4.69) is 34.0 Å². The van der Waals surface area contributed by atoms with E-state index >= 15 is 0 Å². The Morgan fingerprint density at radius 3 is 3.00 bits per heavy atom. The molecule has 1 aromatic heterocycles. The number of rotatable bonds is 3. The average molecular weight is 267 g/mol. The van der Waals surface area contributed by atoms with Gasteiger partial charge in [-0.2, -0.15) is 21.7 Å². The van der Waals surface area contributed by atoms with E-state index in [0.717, 1.165) is 30.5 Å². The van der Waals surface area contributed by atoms with Crippen LogP contribution in [0.25, 0.3) is 0 Å². The van der Waals surface area contributed by atoms with Gasteiger partial charge in [-0.05, 0) is 13.8 Å². The molecule has 1 saturated heterocycles. The molecule has 2 rings (SSSR count). The molecule has 2 atom stereocenters. The summed E-state index contributed by atoms with van der Waals surface area (Å²) in [6.45, 7) is 8.38. The summed E-state index contributed by atoms with van der Waals surface area (Å²) in [5.74, 6) is 3.20. The van der Waals surface area contributed by atoms with Crippen LogP contribution in [0.3, 0.4) is 0 Å². The second-order valence-corrected chi connectivity index (χ2v) is 5.99. The normalized spacial score (nSPS) is 24.1. The quantitative estimate of drug-likeness (QED) is 0.871. The highest BCUT2D eigenvalue weighted by Crippen LogP contribution is 2.29. The van der Waals surface area contributed by atoms with E-state index < -0.39 is 0 Å². The number of nitrogen functional groups attached to an aromatic ring is 1. The van der Waals surface area contributed by atoms with Gasteiger partial charge in [-0.15, -0.1) is 0 Å². The highest BCUT2D eigenvalue weighted by Gasteiger charge is 2.26. The summed E-state index contributed by atoms with van der Waals surface area (Å²) in [5.41, 5.74) is 5.78. The smallest absolute Gasteiger partial charge is 0.223 e. The van der Waals surface area contributed by atoms with E-state index in [-0.39, 0.29) is 0 Å². The second-order valence-electron chi connectivity index (χ2n) is 4.51. The fraction of sp³-hybridized carbons (Fsp3) is 0.667. The Morgan fingerprint density at radius 2 is 2.28 bits per heavy atom. The summed E-state index contributed by atoms with van der Waals surface area (Å²) >= 11 is 2.01. The summed E-state index contributed by atoms with van der Waals surface area (Å²) < 4.78 is 0. The summed E-state index contributed by atoms with van der Waals surface area (Å²) in [5, 5.41) is 3.80. The van der Waals surface area contributed by atoms with Crippen LogP contribution in [0.15, 0.2) is 6.07 Å². The predicted molar refractivity (Wildman–Crippen MR) is 79.3 cm³/mol. The molecule has 2 unspecified atom stereocenters.